The molecule has 1 atom stereocenters. The molecule has 0 rings (SSSR count). The van der Waals surface area contributed by atoms with Crippen LogP contribution in [0.4, 0.5) is 0 Å². The van der Waals surface area contributed by atoms with Gasteiger partial charge in [0.15, 0.2) is 6.10 Å². The third-order valence-corrected chi connectivity index (χ3v) is 12.7. The zero-order valence-electron chi connectivity index (χ0n) is 50.6. The maximum absolute atomic E-state index is 12.8. The third kappa shape index (κ3) is 63.5. The molecule has 0 aliphatic heterocycles. The van der Waals surface area contributed by atoms with Crippen LogP contribution in [-0.2, 0) is 28.6 Å². The number of carbonyl (C=O) groups excluding carboxylic acids is 3. The lowest BCUT2D eigenvalue weighted by Crippen LogP contribution is -2.30. The molecule has 0 spiro atoms. The van der Waals surface area contributed by atoms with Gasteiger partial charge in [0.05, 0.1) is 0 Å². The van der Waals surface area contributed by atoms with E-state index < -0.39 is 6.10 Å². The predicted octanol–water partition coefficient (Wildman–Crippen LogP) is 21.9. The lowest BCUT2D eigenvalue weighted by molar-refractivity contribution is -0.167. The van der Waals surface area contributed by atoms with Crippen LogP contribution in [0.15, 0.2) is 170 Å². The Morgan fingerprint density at radius 1 is 0.266 bits per heavy atom. The molecule has 6 heteroatoms. The average molecular weight is 1090 g/mol. The van der Waals surface area contributed by atoms with Crippen LogP contribution in [0, 0.1) is 0 Å². The van der Waals surface area contributed by atoms with E-state index in [2.05, 4.69) is 191 Å². The Balaban J connectivity index is 4.16. The van der Waals surface area contributed by atoms with Gasteiger partial charge < -0.3 is 14.2 Å². The van der Waals surface area contributed by atoms with Gasteiger partial charge in [-0.15, -0.1) is 0 Å². The van der Waals surface area contributed by atoms with Gasteiger partial charge in [0, 0.05) is 19.3 Å². The van der Waals surface area contributed by atoms with Crippen LogP contribution in [0.1, 0.15) is 252 Å². The molecule has 0 radical (unpaired) electrons. The van der Waals surface area contributed by atoms with Crippen molar-refractivity contribution in [2.45, 2.75) is 258 Å². The number of allylic oxidation sites excluding steroid dienone is 28. The fourth-order valence-corrected chi connectivity index (χ4v) is 8.05. The van der Waals surface area contributed by atoms with Crippen LogP contribution in [-0.4, -0.2) is 37.2 Å². The number of rotatable bonds is 55. The maximum Gasteiger partial charge on any atom is 0.306 e. The first-order chi connectivity index (χ1) is 39.0. The second-order valence-electron chi connectivity index (χ2n) is 20.2. The Morgan fingerprint density at radius 3 is 0.772 bits per heavy atom. The first-order valence-corrected chi connectivity index (χ1v) is 31.6. The van der Waals surface area contributed by atoms with Crippen LogP contribution in [0.2, 0.25) is 0 Å². The number of unbranched alkanes of at least 4 members (excludes halogenated alkanes) is 16. The molecule has 0 fully saturated rings. The number of carbonyl (C=O) groups is 3. The highest BCUT2D eigenvalue weighted by molar-refractivity contribution is 5.71. The summed E-state index contributed by atoms with van der Waals surface area (Å²) in [6.45, 7) is 6.29. The molecule has 0 aromatic rings. The third-order valence-electron chi connectivity index (χ3n) is 12.7. The molecule has 0 bridgehead atoms. The van der Waals surface area contributed by atoms with Gasteiger partial charge in [-0.05, 0) is 135 Å². The minimum atomic E-state index is -0.798. The van der Waals surface area contributed by atoms with E-state index in [0.29, 0.717) is 19.3 Å². The molecule has 442 valence electrons. The predicted molar refractivity (Wildman–Crippen MR) is 343 cm³/mol. The van der Waals surface area contributed by atoms with Gasteiger partial charge in [-0.2, -0.15) is 0 Å². The zero-order chi connectivity index (χ0) is 57.1. The Morgan fingerprint density at radius 2 is 0.494 bits per heavy atom. The zero-order valence-corrected chi connectivity index (χ0v) is 50.6. The molecule has 0 amide bonds. The molecular formula is C73H114O6. The number of esters is 3. The topological polar surface area (TPSA) is 78.9 Å². The molecule has 0 saturated carbocycles. The van der Waals surface area contributed by atoms with E-state index >= 15 is 0 Å². The summed E-state index contributed by atoms with van der Waals surface area (Å²) in [6.07, 6.45) is 96.9. The van der Waals surface area contributed by atoms with Crippen molar-refractivity contribution in [3.05, 3.63) is 170 Å². The average Bonchev–Trinajstić information content (AvgIpc) is 3.45. The monoisotopic (exact) mass is 1090 g/mol. The molecule has 0 aromatic carbocycles. The molecular weight excluding hydrogens is 973 g/mol. The van der Waals surface area contributed by atoms with E-state index in [1.165, 1.54) is 32.1 Å². The lowest BCUT2D eigenvalue weighted by atomic mass is 10.1. The van der Waals surface area contributed by atoms with E-state index in [0.717, 1.165) is 180 Å². The fourth-order valence-electron chi connectivity index (χ4n) is 8.05. The molecule has 1 unspecified atom stereocenters. The number of ether oxygens (including phenoxy) is 3. The van der Waals surface area contributed by atoms with Crippen LogP contribution in [0.3, 0.4) is 0 Å². The van der Waals surface area contributed by atoms with Crippen molar-refractivity contribution < 1.29 is 28.6 Å². The summed E-state index contributed by atoms with van der Waals surface area (Å²) < 4.78 is 16.7. The SMILES string of the molecule is CC/C=C\C/C=C\C/C=C\C/C=C\C/C=C\C/C=C\C/C=C\C/C=C\C/C=C\C/C=C\CCCCCCC(=O)OCC(COC(=O)CCCCCCC)OC(=O)CCCCCCCCCC/C=C\C/C=C\C/C=C\C/C=C\CC. The Bertz CT molecular complexity index is 1820. The molecule has 0 N–H and O–H groups in total. The highest BCUT2D eigenvalue weighted by atomic mass is 16.6. The fraction of sp³-hybridized carbons (Fsp3) is 0.575. The van der Waals surface area contributed by atoms with E-state index in [9.17, 15) is 14.4 Å². The maximum atomic E-state index is 12.8. The second kappa shape index (κ2) is 65.3. The molecule has 0 aliphatic rings. The van der Waals surface area contributed by atoms with Gasteiger partial charge in [-0.3, -0.25) is 14.4 Å². The molecule has 0 saturated heterocycles. The second-order valence-corrected chi connectivity index (χ2v) is 20.2. The smallest absolute Gasteiger partial charge is 0.306 e. The Labute approximate surface area is 485 Å². The molecule has 6 nitrogen and oxygen atoms in total. The molecule has 79 heavy (non-hydrogen) atoms. The summed E-state index contributed by atoms with van der Waals surface area (Å²) in [4.78, 5) is 37.9. The van der Waals surface area contributed by atoms with Gasteiger partial charge in [-0.25, -0.2) is 0 Å². The standard InChI is InChI=1S/C73H114O6/c1-4-7-10-13-15-17-19-21-23-25-27-29-30-31-32-33-34-35-36-37-38-39-40-41-42-44-45-47-49-51-53-55-57-60-63-66-72(75)78-69-70(68-77-71(74)65-62-59-12-9-6-3)79-73(76)67-64-61-58-56-54-52-50-48-46-43-28-26-24-22-20-18-16-14-11-8-5-2/h7-8,10-11,15-18,21-24,27-29,31-32,34-35,37-38,40-41,43-45,49,51,70H,4-6,9,12-14,19-20,25-26,30,33,36,39,42,46-48,50,52-69H2,1-3H3/b10-7-,11-8-,17-15-,18-16-,23-21-,24-22-,29-27-,32-31-,35-34-,38-37-,41-40-,43-28-,45-44-,51-49-. The largest absolute Gasteiger partial charge is 0.462 e. The normalized spacial score (nSPS) is 13.3. The van der Waals surface area contributed by atoms with Crippen molar-refractivity contribution in [1.29, 1.82) is 0 Å². The minimum absolute atomic E-state index is 0.0966. The van der Waals surface area contributed by atoms with E-state index in [1.54, 1.807) is 0 Å². The highest BCUT2D eigenvalue weighted by Gasteiger charge is 2.19. The first kappa shape index (κ1) is 73.8. The van der Waals surface area contributed by atoms with Gasteiger partial charge in [0.1, 0.15) is 13.2 Å². The van der Waals surface area contributed by atoms with Crippen molar-refractivity contribution in [2.24, 2.45) is 0 Å². The van der Waals surface area contributed by atoms with Crippen molar-refractivity contribution in [3.8, 4) is 0 Å². The Kier molecular flexibility index (Phi) is 61.0. The minimum Gasteiger partial charge on any atom is -0.462 e. The summed E-state index contributed by atoms with van der Waals surface area (Å²) in [5.74, 6) is -0.952. The van der Waals surface area contributed by atoms with Crippen LogP contribution >= 0.6 is 0 Å². The number of hydrogen-bond acceptors (Lipinski definition) is 6. The summed E-state index contributed by atoms with van der Waals surface area (Å²) in [6, 6.07) is 0. The van der Waals surface area contributed by atoms with Gasteiger partial charge in [0.25, 0.3) is 0 Å². The van der Waals surface area contributed by atoms with Crippen molar-refractivity contribution in [1.82, 2.24) is 0 Å². The van der Waals surface area contributed by atoms with Crippen LogP contribution < -0.4 is 0 Å². The highest BCUT2D eigenvalue weighted by Crippen LogP contribution is 2.14. The summed E-state index contributed by atoms with van der Waals surface area (Å²) >= 11 is 0. The van der Waals surface area contributed by atoms with Crippen molar-refractivity contribution in [2.75, 3.05) is 13.2 Å². The summed E-state index contributed by atoms with van der Waals surface area (Å²) in [5, 5.41) is 0. The molecule has 0 aliphatic carbocycles. The Hall–Kier alpha value is -5.23. The molecule has 0 heterocycles. The van der Waals surface area contributed by atoms with E-state index in [-0.39, 0.29) is 31.1 Å². The van der Waals surface area contributed by atoms with Gasteiger partial charge >= 0.3 is 17.9 Å². The van der Waals surface area contributed by atoms with Gasteiger partial charge in [-0.1, -0.05) is 268 Å². The van der Waals surface area contributed by atoms with Gasteiger partial charge in [0.2, 0.25) is 0 Å². The van der Waals surface area contributed by atoms with E-state index in [1.807, 2.05) is 0 Å². The molecule has 0 aromatic heterocycles. The number of hydrogen-bond donors (Lipinski definition) is 0. The lowest BCUT2D eigenvalue weighted by Gasteiger charge is -2.18. The summed E-state index contributed by atoms with van der Waals surface area (Å²) in [7, 11) is 0. The van der Waals surface area contributed by atoms with Crippen LogP contribution in [0.25, 0.3) is 0 Å². The van der Waals surface area contributed by atoms with Crippen molar-refractivity contribution >= 4 is 17.9 Å². The van der Waals surface area contributed by atoms with E-state index in [4.69, 9.17) is 14.2 Å². The quantitative estimate of drug-likeness (QED) is 0.0261. The van der Waals surface area contributed by atoms with Crippen molar-refractivity contribution in [3.63, 3.8) is 0 Å². The first-order valence-electron chi connectivity index (χ1n) is 31.6. The van der Waals surface area contributed by atoms with Crippen LogP contribution in [0.5, 0.6) is 0 Å². The summed E-state index contributed by atoms with van der Waals surface area (Å²) in [5.41, 5.74) is 0.